The molecule has 0 radical (unpaired) electrons. The molecule has 1 aromatic heterocycles. The Balaban J connectivity index is 1.84. The van der Waals surface area contributed by atoms with E-state index in [-0.39, 0.29) is 11.2 Å². The summed E-state index contributed by atoms with van der Waals surface area (Å²) in [4.78, 5) is 0. The second-order valence-electron chi connectivity index (χ2n) is 6.39. The number of nitrogens with zero attached hydrogens (tertiary/aromatic N) is 3. The van der Waals surface area contributed by atoms with Gasteiger partial charge in [-0.05, 0) is 33.3 Å². The Kier molecular flexibility index (Phi) is 3.38. The molecule has 0 atom stereocenters. The molecule has 1 aliphatic rings. The molecular weight excluding hydrogens is 265 g/mol. The third kappa shape index (κ3) is 2.61. The number of hydrogen-bond acceptors (Lipinski definition) is 4. The summed E-state index contributed by atoms with van der Waals surface area (Å²) in [7, 11) is -0.485. The van der Waals surface area contributed by atoms with Gasteiger partial charge in [0.05, 0.1) is 11.2 Å². The van der Waals surface area contributed by atoms with E-state index in [2.05, 4.69) is 22.3 Å². The maximum atomic E-state index is 6.04. The van der Waals surface area contributed by atoms with Crippen LogP contribution in [-0.2, 0) is 15.9 Å². The van der Waals surface area contributed by atoms with Crippen molar-refractivity contribution >= 4 is 12.8 Å². The van der Waals surface area contributed by atoms with E-state index in [9.17, 15) is 0 Å². The summed E-state index contributed by atoms with van der Waals surface area (Å²) >= 11 is 0. The highest BCUT2D eigenvalue weighted by atomic mass is 16.7. The Hall–Kier alpha value is -1.66. The summed E-state index contributed by atoms with van der Waals surface area (Å²) in [6.07, 6.45) is 1.72. The van der Waals surface area contributed by atoms with Crippen molar-refractivity contribution < 1.29 is 9.31 Å². The summed E-state index contributed by atoms with van der Waals surface area (Å²) in [6.45, 7) is 8.83. The van der Waals surface area contributed by atoms with Crippen molar-refractivity contribution in [3.8, 4) is 0 Å². The monoisotopic (exact) mass is 285 g/mol. The lowest BCUT2D eigenvalue weighted by molar-refractivity contribution is 0.00578. The first kappa shape index (κ1) is 14.3. The van der Waals surface area contributed by atoms with Gasteiger partial charge in [-0.15, -0.1) is 10.2 Å². The molecule has 0 saturated carbocycles. The van der Waals surface area contributed by atoms with Gasteiger partial charge < -0.3 is 13.9 Å². The van der Waals surface area contributed by atoms with Gasteiger partial charge in [-0.2, -0.15) is 0 Å². The molecule has 1 aromatic carbocycles. The minimum atomic E-state index is -0.485. The summed E-state index contributed by atoms with van der Waals surface area (Å²) in [6, 6.07) is 10.2. The first-order valence-corrected chi connectivity index (χ1v) is 7.16. The summed E-state index contributed by atoms with van der Waals surface area (Å²) < 4.78 is 14.1. The van der Waals surface area contributed by atoms with Gasteiger partial charge in [0.1, 0.15) is 6.33 Å². The van der Waals surface area contributed by atoms with E-state index in [1.165, 1.54) is 5.56 Å². The van der Waals surface area contributed by atoms with Crippen molar-refractivity contribution in [1.82, 2.24) is 14.8 Å². The maximum Gasteiger partial charge on any atom is 0.534 e. The Morgan fingerprint density at radius 3 is 2.29 bits per heavy atom. The summed E-state index contributed by atoms with van der Waals surface area (Å²) in [5, 5.41) is 8.20. The van der Waals surface area contributed by atoms with Crippen LogP contribution in [0.5, 0.6) is 0 Å². The van der Waals surface area contributed by atoms with E-state index < -0.39 is 7.12 Å². The molecule has 1 aliphatic heterocycles. The standard InChI is InChI=1S/C15H20BN3O2/c1-14(2)15(3,4)21-16(20-14)13-18-17-11-19(13)10-12-8-6-5-7-9-12/h5-9,11H,10H2,1-4H3. The van der Waals surface area contributed by atoms with Gasteiger partial charge in [0.15, 0.2) is 5.72 Å². The van der Waals surface area contributed by atoms with Crippen LogP contribution in [0.2, 0.25) is 0 Å². The van der Waals surface area contributed by atoms with Crippen LogP contribution in [0.3, 0.4) is 0 Å². The zero-order valence-corrected chi connectivity index (χ0v) is 12.9. The quantitative estimate of drug-likeness (QED) is 0.804. The smallest absolute Gasteiger partial charge is 0.397 e. The highest BCUT2D eigenvalue weighted by molar-refractivity contribution is 6.60. The van der Waals surface area contributed by atoms with Crippen LogP contribution in [0.15, 0.2) is 36.7 Å². The molecule has 5 nitrogen and oxygen atoms in total. The Bertz CT molecular complexity index is 609. The Morgan fingerprint density at radius 1 is 1.05 bits per heavy atom. The van der Waals surface area contributed by atoms with Crippen LogP contribution in [0.4, 0.5) is 0 Å². The van der Waals surface area contributed by atoms with Crippen LogP contribution in [0, 0.1) is 0 Å². The number of aromatic nitrogens is 3. The second kappa shape index (κ2) is 4.96. The summed E-state index contributed by atoms with van der Waals surface area (Å²) in [5.74, 6) is 0. The van der Waals surface area contributed by atoms with Crippen molar-refractivity contribution in [2.24, 2.45) is 0 Å². The number of benzene rings is 1. The molecule has 0 unspecified atom stereocenters. The Morgan fingerprint density at radius 2 is 1.67 bits per heavy atom. The molecular formula is C15H20BN3O2. The van der Waals surface area contributed by atoms with Crippen molar-refractivity contribution in [2.75, 3.05) is 0 Å². The van der Waals surface area contributed by atoms with E-state index in [1.54, 1.807) is 6.33 Å². The topological polar surface area (TPSA) is 49.2 Å². The fourth-order valence-electron chi connectivity index (χ4n) is 2.30. The zero-order valence-electron chi connectivity index (χ0n) is 12.9. The zero-order chi connectivity index (χ0) is 15.1. The van der Waals surface area contributed by atoms with Gasteiger partial charge in [-0.1, -0.05) is 30.3 Å². The molecule has 0 N–H and O–H groups in total. The van der Waals surface area contributed by atoms with Crippen LogP contribution in [0.25, 0.3) is 0 Å². The lowest BCUT2D eigenvalue weighted by atomic mass is 9.89. The SMILES string of the molecule is CC1(C)OB(c2nncn2Cc2ccccc2)OC1(C)C. The molecule has 1 saturated heterocycles. The summed E-state index contributed by atoms with van der Waals surface area (Å²) in [5.41, 5.74) is 1.15. The predicted molar refractivity (Wildman–Crippen MR) is 81.3 cm³/mol. The van der Waals surface area contributed by atoms with Gasteiger partial charge in [0.25, 0.3) is 0 Å². The maximum absolute atomic E-state index is 6.04. The van der Waals surface area contributed by atoms with Crippen molar-refractivity contribution in [3.05, 3.63) is 42.2 Å². The molecule has 1 fully saturated rings. The fourth-order valence-corrected chi connectivity index (χ4v) is 2.30. The minimum Gasteiger partial charge on any atom is -0.397 e. The van der Waals surface area contributed by atoms with Gasteiger partial charge in [0.2, 0.25) is 0 Å². The molecule has 2 heterocycles. The molecule has 3 rings (SSSR count). The lowest BCUT2D eigenvalue weighted by Gasteiger charge is -2.32. The molecule has 0 bridgehead atoms. The average molecular weight is 285 g/mol. The first-order chi connectivity index (χ1) is 9.89. The van der Waals surface area contributed by atoms with Gasteiger partial charge >= 0.3 is 7.12 Å². The highest BCUT2D eigenvalue weighted by Crippen LogP contribution is 2.36. The predicted octanol–water partition coefficient (Wildman–Crippen LogP) is 1.63. The molecule has 0 spiro atoms. The number of rotatable bonds is 3. The molecule has 0 amide bonds. The molecule has 6 heteroatoms. The molecule has 0 aliphatic carbocycles. The van der Waals surface area contributed by atoms with Crippen molar-refractivity contribution in [3.63, 3.8) is 0 Å². The second-order valence-corrected chi connectivity index (χ2v) is 6.39. The first-order valence-electron chi connectivity index (χ1n) is 7.16. The largest absolute Gasteiger partial charge is 0.534 e. The van der Waals surface area contributed by atoms with Crippen molar-refractivity contribution in [1.29, 1.82) is 0 Å². The number of hydrogen-bond donors (Lipinski definition) is 0. The third-order valence-electron chi connectivity index (χ3n) is 4.31. The van der Waals surface area contributed by atoms with Gasteiger partial charge in [-0.25, -0.2) is 0 Å². The fraction of sp³-hybridized carbons (Fsp3) is 0.467. The van der Waals surface area contributed by atoms with Crippen LogP contribution in [-0.4, -0.2) is 33.1 Å². The minimum absolute atomic E-state index is 0.374. The van der Waals surface area contributed by atoms with Gasteiger partial charge in [0, 0.05) is 6.54 Å². The van der Waals surface area contributed by atoms with Crippen LogP contribution < -0.4 is 5.72 Å². The van der Waals surface area contributed by atoms with Crippen molar-refractivity contribution in [2.45, 2.75) is 45.4 Å². The van der Waals surface area contributed by atoms with E-state index in [0.717, 1.165) is 0 Å². The van der Waals surface area contributed by atoms with E-state index in [1.807, 2.05) is 50.5 Å². The van der Waals surface area contributed by atoms with Crippen LogP contribution in [0.1, 0.15) is 33.3 Å². The van der Waals surface area contributed by atoms with E-state index >= 15 is 0 Å². The lowest BCUT2D eigenvalue weighted by Crippen LogP contribution is -2.41. The third-order valence-corrected chi connectivity index (χ3v) is 4.31. The van der Waals surface area contributed by atoms with Crippen LogP contribution >= 0.6 is 0 Å². The van der Waals surface area contributed by atoms with Gasteiger partial charge in [-0.3, -0.25) is 0 Å². The molecule has 2 aromatic rings. The normalized spacial score (nSPS) is 19.9. The van der Waals surface area contributed by atoms with E-state index in [4.69, 9.17) is 9.31 Å². The average Bonchev–Trinajstić information content (AvgIpc) is 2.94. The highest BCUT2D eigenvalue weighted by Gasteiger charge is 2.53. The van der Waals surface area contributed by atoms with E-state index in [0.29, 0.717) is 12.3 Å². The molecule has 21 heavy (non-hydrogen) atoms. The molecule has 110 valence electrons. The Labute approximate surface area is 125 Å².